The maximum absolute atomic E-state index is 12.3. The summed E-state index contributed by atoms with van der Waals surface area (Å²) in [4.78, 5) is 18.5. The second-order valence-electron chi connectivity index (χ2n) is 6.45. The van der Waals surface area contributed by atoms with E-state index in [2.05, 4.69) is 16.4 Å². The van der Waals surface area contributed by atoms with Gasteiger partial charge in [0.1, 0.15) is 0 Å². The van der Waals surface area contributed by atoms with Crippen molar-refractivity contribution in [2.45, 2.75) is 51.0 Å². The van der Waals surface area contributed by atoms with Crippen LogP contribution in [0.5, 0.6) is 0 Å². The summed E-state index contributed by atoms with van der Waals surface area (Å²) in [6.07, 6.45) is 12.0. The molecule has 1 saturated heterocycles. The number of rotatable bonds is 3. The van der Waals surface area contributed by atoms with Gasteiger partial charge in [-0.3, -0.25) is 4.98 Å². The molecule has 0 bridgehead atoms. The second-order valence-corrected chi connectivity index (χ2v) is 6.45. The zero-order chi connectivity index (χ0) is 14.5. The minimum Gasteiger partial charge on any atom is -0.335 e. The van der Waals surface area contributed by atoms with Crippen molar-refractivity contribution < 1.29 is 4.79 Å². The molecule has 1 aromatic heterocycles. The number of pyridine rings is 1. The number of amides is 2. The van der Waals surface area contributed by atoms with Gasteiger partial charge in [0.2, 0.25) is 0 Å². The zero-order valence-electron chi connectivity index (χ0n) is 12.6. The molecule has 1 aliphatic heterocycles. The minimum atomic E-state index is 0.149. The van der Waals surface area contributed by atoms with Crippen molar-refractivity contribution >= 4 is 6.03 Å². The van der Waals surface area contributed by atoms with Crippen molar-refractivity contribution in [3.63, 3.8) is 0 Å². The lowest BCUT2D eigenvalue weighted by Gasteiger charge is -2.26. The summed E-state index contributed by atoms with van der Waals surface area (Å²) in [5.74, 6) is 0.575. The lowest BCUT2D eigenvalue weighted by Crippen LogP contribution is -2.44. The first kappa shape index (κ1) is 14.4. The topological polar surface area (TPSA) is 45.2 Å². The Balaban J connectivity index is 1.46. The fourth-order valence-corrected chi connectivity index (χ4v) is 3.55. The monoisotopic (exact) mass is 287 g/mol. The lowest BCUT2D eigenvalue weighted by molar-refractivity contribution is 0.199. The summed E-state index contributed by atoms with van der Waals surface area (Å²) < 4.78 is 0. The van der Waals surface area contributed by atoms with E-state index in [-0.39, 0.29) is 6.03 Å². The van der Waals surface area contributed by atoms with Crippen LogP contribution in [0.2, 0.25) is 0 Å². The molecule has 1 aromatic rings. The maximum atomic E-state index is 12.3. The molecule has 2 aliphatic rings. The summed E-state index contributed by atoms with van der Waals surface area (Å²) in [7, 11) is 0. The van der Waals surface area contributed by atoms with Gasteiger partial charge in [-0.25, -0.2) is 4.79 Å². The van der Waals surface area contributed by atoms with Crippen LogP contribution in [0, 0.1) is 5.92 Å². The van der Waals surface area contributed by atoms with Crippen LogP contribution in [0.1, 0.15) is 44.1 Å². The van der Waals surface area contributed by atoms with Crippen LogP contribution in [0.25, 0.3) is 0 Å². The highest BCUT2D eigenvalue weighted by Gasteiger charge is 2.27. The maximum Gasteiger partial charge on any atom is 0.317 e. The minimum absolute atomic E-state index is 0.149. The molecule has 3 rings (SSSR count). The number of nitrogens with one attached hydrogen (secondary N) is 1. The molecule has 0 radical (unpaired) electrons. The van der Waals surface area contributed by atoms with Gasteiger partial charge < -0.3 is 10.2 Å². The van der Waals surface area contributed by atoms with E-state index in [0.717, 1.165) is 38.8 Å². The Kier molecular flexibility index (Phi) is 4.73. The Morgan fingerprint density at radius 1 is 1.29 bits per heavy atom. The highest BCUT2D eigenvalue weighted by molar-refractivity contribution is 5.74. The molecule has 1 unspecified atom stereocenters. The van der Waals surface area contributed by atoms with E-state index in [4.69, 9.17) is 0 Å². The van der Waals surface area contributed by atoms with Crippen LogP contribution < -0.4 is 5.32 Å². The van der Waals surface area contributed by atoms with Gasteiger partial charge in [-0.15, -0.1) is 0 Å². The highest BCUT2D eigenvalue weighted by Crippen LogP contribution is 2.22. The van der Waals surface area contributed by atoms with Crippen molar-refractivity contribution in [3.8, 4) is 0 Å². The van der Waals surface area contributed by atoms with E-state index in [1.165, 1.54) is 24.8 Å². The smallest absolute Gasteiger partial charge is 0.317 e. The van der Waals surface area contributed by atoms with Crippen molar-refractivity contribution in [1.82, 2.24) is 15.2 Å². The Bertz CT molecular complexity index is 456. The summed E-state index contributed by atoms with van der Waals surface area (Å²) in [5, 5.41) is 3.22. The number of carbonyl (C=O) groups is 1. The number of aromatic nitrogens is 1. The molecule has 21 heavy (non-hydrogen) atoms. The number of likely N-dealkylation sites (tertiary alicyclic amines) is 1. The van der Waals surface area contributed by atoms with Gasteiger partial charge >= 0.3 is 6.03 Å². The molecule has 4 heteroatoms. The average Bonchev–Trinajstić information content (AvgIpc) is 2.98. The van der Waals surface area contributed by atoms with E-state index < -0.39 is 0 Å². The lowest BCUT2D eigenvalue weighted by atomic mass is 9.96. The number of hydrogen-bond donors (Lipinski definition) is 1. The SMILES string of the molecule is O=C(NC1CCCCC1)N1CCC(Cc2cccnc2)C1. The van der Waals surface area contributed by atoms with E-state index in [1.54, 1.807) is 0 Å². The predicted molar refractivity (Wildman–Crippen MR) is 83.0 cm³/mol. The molecule has 2 heterocycles. The number of nitrogens with zero attached hydrogens (tertiary/aromatic N) is 2. The number of carbonyl (C=O) groups excluding carboxylic acids is 1. The number of urea groups is 1. The predicted octanol–water partition coefficient (Wildman–Crippen LogP) is 2.99. The van der Waals surface area contributed by atoms with Gasteiger partial charge in [0, 0.05) is 31.5 Å². The molecule has 2 fully saturated rings. The first-order chi connectivity index (χ1) is 10.3. The Labute approximate surface area is 126 Å². The van der Waals surface area contributed by atoms with Crippen LogP contribution in [0.3, 0.4) is 0 Å². The van der Waals surface area contributed by atoms with Gasteiger partial charge in [-0.2, -0.15) is 0 Å². The third kappa shape index (κ3) is 3.96. The molecular formula is C17H25N3O. The van der Waals surface area contributed by atoms with E-state index in [0.29, 0.717) is 12.0 Å². The Morgan fingerprint density at radius 3 is 2.90 bits per heavy atom. The summed E-state index contributed by atoms with van der Waals surface area (Å²) in [6, 6.07) is 4.66. The fourth-order valence-electron chi connectivity index (χ4n) is 3.55. The first-order valence-corrected chi connectivity index (χ1v) is 8.25. The van der Waals surface area contributed by atoms with Gasteiger partial charge in [0.15, 0.2) is 0 Å². The molecule has 1 N–H and O–H groups in total. The van der Waals surface area contributed by atoms with Crippen molar-refractivity contribution in [2.24, 2.45) is 5.92 Å². The molecule has 1 atom stereocenters. The third-order valence-electron chi connectivity index (χ3n) is 4.75. The standard InChI is InChI=1S/C17H25N3O/c21-17(19-16-6-2-1-3-7-16)20-10-8-15(13-20)11-14-5-4-9-18-12-14/h4-5,9,12,15-16H,1-3,6-8,10-11,13H2,(H,19,21). The van der Waals surface area contributed by atoms with Crippen molar-refractivity contribution in [3.05, 3.63) is 30.1 Å². The molecule has 1 aliphatic carbocycles. The van der Waals surface area contributed by atoms with Crippen LogP contribution in [0.15, 0.2) is 24.5 Å². The quantitative estimate of drug-likeness (QED) is 0.929. The molecule has 0 aromatic carbocycles. The molecule has 0 spiro atoms. The molecule has 4 nitrogen and oxygen atoms in total. The van der Waals surface area contributed by atoms with Crippen molar-refractivity contribution in [1.29, 1.82) is 0 Å². The van der Waals surface area contributed by atoms with Crippen LogP contribution in [-0.4, -0.2) is 35.0 Å². The second kappa shape index (κ2) is 6.92. The largest absolute Gasteiger partial charge is 0.335 e. The number of hydrogen-bond acceptors (Lipinski definition) is 2. The highest BCUT2D eigenvalue weighted by atomic mass is 16.2. The zero-order valence-corrected chi connectivity index (χ0v) is 12.6. The Hall–Kier alpha value is -1.58. The third-order valence-corrected chi connectivity index (χ3v) is 4.75. The van der Waals surface area contributed by atoms with Gasteiger partial charge in [-0.1, -0.05) is 25.3 Å². The van der Waals surface area contributed by atoms with E-state index in [1.807, 2.05) is 23.4 Å². The van der Waals surface area contributed by atoms with Crippen LogP contribution in [0.4, 0.5) is 4.79 Å². The van der Waals surface area contributed by atoms with Crippen LogP contribution >= 0.6 is 0 Å². The molecular weight excluding hydrogens is 262 g/mol. The average molecular weight is 287 g/mol. The molecule has 114 valence electrons. The van der Waals surface area contributed by atoms with Gasteiger partial charge in [-0.05, 0) is 43.2 Å². The first-order valence-electron chi connectivity index (χ1n) is 8.25. The normalized spacial score (nSPS) is 23.2. The summed E-state index contributed by atoms with van der Waals surface area (Å²) >= 11 is 0. The fraction of sp³-hybridized carbons (Fsp3) is 0.647. The van der Waals surface area contributed by atoms with Crippen molar-refractivity contribution in [2.75, 3.05) is 13.1 Å². The van der Waals surface area contributed by atoms with Gasteiger partial charge in [0.05, 0.1) is 0 Å². The van der Waals surface area contributed by atoms with Crippen LogP contribution in [-0.2, 0) is 6.42 Å². The summed E-state index contributed by atoms with van der Waals surface area (Å²) in [5.41, 5.74) is 1.28. The molecule has 1 saturated carbocycles. The summed E-state index contributed by atoms with van der Waals surface area (Å²) in [6.45, 7) is 1.77. The Morgan fingerprint density at radius 2 is 2.14 bits per heavy atom. The van der Waals surface area contributed by atoms with E-state index >= 15 is 0 Å². The van der Waals surface area contributed by atoms with E-state index in [9.17, 15) is 4.79 Å². The van der Waals surface area contributed by atoms with Gasteiger partial charge in [0.25, 0.3) is 0 Å². The molecule has 2 amide bonds.